The molecular formula is C13H23BrN2O3S. The Morgan fingerprint density at radius 3 is 2.40 bits per heavy atom. The van der Waals surface area contributed by atoms with Crippen LogP contribution in [0.25, 0.3) is 0 Å². The molecule has 20 heavy (non-hydrogen) atoms. The minimum atomic E-state index is -0.511. The highest BCUT2D eigenvalue weighted by atomic mass is 79.9. The van der Waals surface area contributed by atoms with Crippen molar-refractivity contribution in [1.29, 1.82) is 0 Å². The second-order valence-corrected chi connectivity index (χ2v) is 6.46. The number of nitrogens with one attached hydrogen (secondary N) is 1. The van der Waals surface area contributed by atoms with Gasteiger partial charge in [-0.05, 0) is 27.7 Å². The van der Waals surface area contributed by atoms with Gasteiger partial charge >= 0.3 is 6.09 Å². The van der Waals surface area contributed by atoms with Crippen molar-refractivity contribution >= 4 is 17.4 Å². The van der Waals surface area contributed by atoms with E-state index in [1.54, 1.807) is 6.92 Å². The Hall–Kier alpha value is -0.660. The molecule has 1 heterocycles. The molecule has 0 spiro atoms. The number of thiazole rings is 1. The molecular weight excluding hydrogens is 344 g/mol. The standard InChI is InChI=1S/C13H22N2O3S.BrH/c1-8-11(9(2)16)19-7-15(8)10(3)14-12(17)18-13(4,5)6;/h7,9-10,16H,1-6H3;1H. The number of ether oxygens (including phenoxy) is 1. The van der Waals surface area contributed by atoms with Gasteiger partial charge in [-0.25, -0.2) is 4.79 Å². The molecule has 2 unspecified atom stereocenters. The molecule has 0 radical (unpaired) electrons. The van der Waals surface area contributed by atoms with Crippen LogP contribution in [-0.2, 0) is 4.74 Å². The van der Waals surface area contributed by atoms with Gasteiger partial charge in [0.25, 0.3) is 0 Å². The van der Waals surface area contributed by atoms with Crippen LogP contribution in [0.2, 0.25) is 0 Å². The van der Waals surface area contributed by atoms with E-state index in [0.29, 0.717) is 0 Å². The molecule has 0 saturated carbocycles. The van der Waals surface area contributed by atoms with E-state index < -0.39 is 17.8 Å². The van der Waals surface area contributed by atoms with Crippen LogP contribution in [0.3, 0.4) is 0 Å². The van der Waals surface area contributed by atoms with Crippen LogP contribution in [0.15, 0.2) is 5.51 Å². The molecule has 0 aliphatic carbocycles. The quantitative estimate of drug-likeness (QED) is 0.705. The summed E-state index contributed by atoms with van der Waals surface area (Å²) in [6, 6.07) is 0. The second-order valence-electron chi connectivity index (χ2n) is 5.58. The number of rotatable bonds is 3. The Kier molecular flexibility index (Phi) is 7.13. The number of aliphatic hydroxyl groups is 1. The molecule has 0 bridgehead atoms. The van der Waals surface area contributed by atoms with E-state index in [-0.39, 0.29) is 23.1 Å². The molecule has 2 N–H and O–H groups in total. The van der Waals surface area contributed by atoms with E-state index in [4.69, 9.17) is 4.74 Å². The number of aliphatic hydroxyl groups excluding tert-OH is 1. The summed E-state index contributed by atoms with van der Waals surface area (Å²) in [6.45, 7) is 11.0. The van der Waals surface area contributed by atoms with Gasteiger partial charge in [-0.2, -0.15) is 4.57 Å². The number of aromatic nitrogens is 1. The normalized spacial score (nSPS) is 14.2. The van der Waals surface area contributed by atoms with E-state index >= 15 is 0 Å². The zero-order chi connectivity index (χ0) is 14.8. The lowest BCUT2D eigenvalue weighted by Gasteiger charge is -2.20. The first-order valence-electron chi connectivity index (χ1n) is 6.28. The fourth-order valence-corrected chi connectivity index (χ4v) is 2.78. The summed E-state index contributed by atoms with van der Waals surface area (Å²) in [7, 11) is 0. The van der Waals surface area contributed by atoms with Crippen molar-refractivity contribution < 1.29 is 36.2 Å². The van der Waals surface area contributed by atoms with Crippen molar-refractivity contribution in [2.24, 2.45) is 0 Å². The summed E-state index contributed by atoms with van der Waals surface area (Å²) >= 11 is 1.47. The zero-order valence-electron chi connectivity index (χ0n) is 12.7. The minimum absolute atomic E-state index is 0. The molecule has 1 amide bonds. The van der Waals surface area contributed by atoms with Gasteiger partial charge in [-0.1, -0.05) is 11.3 Å². The molecule has 1 aromatic rings. The van der Waals surface area contributed by atoms with Crippen LogP contribution in [0.1, 0.15) is 57.5 Å². The van der Waals surface area contributed by atoms with Crippen molar-refractivity contribution in [3.8, 4) is 0 Å². The maximum Gasteiger partial charge on any atom is 0.412 e. The molecule has 0 saturated heterocycles. The lowest BCUT2D eigenvalue weighted by atomic mass is 10.2. The number of nitrogens with zero attached hydrogens (tertiary/aromatic N) is 1. The predicted octanol–water partition coefficient (Wildman–Crippen LogP) is -0.555. The summed E-state index contributed by atoms with van der Waals surface area (Å²) in [5, 5.41) is 12.4. The molecule has 2 atom stereocenters. The van der Waals surface area contributed by atoms with Crippen molar-refractivity contribution in [2.75, 3.05) is 0 Å². The molecule has 1 aromatic heterocycles. The van der Waals surface area contributed by atoms with E-state index in [1.807, 2.05) is 44.7 Å². The Morgan fingerprint density at radius 1 is 1.45 bits per heavy atom. The highest BCUT2D eigenvalue weighted by Gasteiger charge is 2.26. The smallest absolute Gasteiger partial charge is 0.412 e. The summed E-state index contributed by atoms with van der Waals surface area (Å²) < 4.78 is 7.13. The number of hydrogen-bond donors (Lipinski definition) is 2. The van der Waals surface area contributed by atoms with E-state index in [9.17, 15) is 9.90 Å². The van der Waals surface area contributed by atoms with Crippen LogP contribution in [0.5, 0.6) is 0 Å². The van der Waals surface area contributed by atoms with Gasteiger partial charge in [-0.15, -0.1) is 0 Å². The molecule has 1 rings (SSSR count). The van der Waals surface area contributed by atoms with Gasteiger partial charge in [0.15, 0.2) is 5.69 Å². The fourth-order valence-electron chi connectivity index (χ4n) is 1.74. The zero-order valence-corrected chi connectivity index (χ0v) is 15.1. The van der Waals surface area contributed by atoms with Crippen molar-refractivity contribution in [1.82, 2.24) is 5.32 Å². The Morgan fingerprint density at radius 2 is 2.00 bits per heavy atom. The Bertz CT molecular complexity index is 455. The molecule has 5 nitrogen and oxygen atoms in total. The number of hydrogen-bond acceptors (Lipinski definition) is 4. The molecule has 0 aliphatic heterocycles. The second kappa shape index (κ2) is 7.38. The predicted molar refractivity (Wildman–Crippen MR) is 74.0 cm³/mol. The SMILES string of the molecule is Cc1c(C(C)O)sc[n+]1C(C)NC(=O)OC(C)(C)C.[Br-]. The van der Waals surface area contributed by atoms with Crippen LogP contribution >= 0.6 is 11.3 Å². The maximum atomic E-state index is 11.7. The minimum Gasteiger partial charge on any atom is -1.00 e. The average molecular weight is 367 g/mol. The monoisotopic (exact) mass is 366 g/mol. The fraction of sp³-hybridized carbons (Fsp3) is 0.692. The lowest BCUT2D eigenvalue weighted by molar-refractivity contribution is -0.724. The third kappa shape index (κ3) is 5.38. The van der Waals surface area contributed by atoms with Crippen LogP contribution in [0, 0.1) is 6.92 Å². The summed E-state index contributed by atoms with van der Waals surface area (Å²) in [4.78, 5) is 12.6. The number of amides is 1. The molecule has 0 aromatic carbocycles. The van der Waals surface area contributed by atoms with Crippen LogP contribution in [-0.4, -0.2) is 16.8 Å². The van der Waals surface area contributed by atoms with Gasteiger partial charge in [-0.3, -0.25) is 5.32 Å². The van der Waals surface area contributed by atoms with Crippen LogP contribution in [0.4, 0.5) is 4.79 Å². The molecule has 0 fully saturated rings. The molecule has 7 heteroatoms. The van der Waals surface area contributed by atoms with Crippen molar-refractivity contribution in [2.45, 2.75) is 59.4 Å². The largest absolute Gasteiger partial charge is 1.00 e. The van der Waals surface area contributed by atoms with E-state index in [2.05, 4.69) is 5.32 Å². The molecule has 116 valence electrons. The van der Waals surface area contributed by atoms with Gasteiger partial charge in [0.1, 0.15) is 10.5 Å². The number of alkyl carbamates (subject to hydrolysis) is 1. The first-order valence-corrected chi connectivity index (χ1v) is 7.16. The Labute approximate surface area is 134 Å². The van der Waals surface area contributed by atoms with Gasteiger partial charge in [0.2, 0.25) is 11.7 Å². The summed E-state index contributed by atoms with van der Waals surface area (Å²) in [6.07, 6.45) is -1.17. The highest BCUT2D eigenvalue weighted by molar-refractivity contribution is 7.09. The van der Waals surface area contributed by atoms with E-state index in [0.717, 1.165) is 10.6 Å². The van der Waals surface area contributed by atoms with Gasteiger partial charge < -0.3 is 26.8 Å². The summed E-state index contributed by atoms with van der Waals surface area (Å²) in [5.41, 5.74) is 2.33. The van der Waals surface area contributed by atoms with Gasteiger partial charge in [0.05, 0.1) is 6.10 Å². The third-order valence-corrected chi connectivity index (χ3v) is 3.78. The number of carbonyl (C=O) groups is 1. The van der Waals surface area contributed by atoms with Crippen molar-refractivity contribution in [3.05, 3.63) is 16.1 Å². The lowest BCUT2D eigenvalue weighted by Crippen LogP contribution is -3.00. The average Bonchev–Trinajstić information content (AvgIpc) is 2.56. The summed E-state index contributed by atoms with van der Waals surface area (Å²) in [5.74, 6) is 0. The Balaban J connectivity index is 0.00000361. The van der Waals surface area contributed by atoms with Crippen LogP contribution < -0.4 is 26.9 Å². The topological polar surface area (TPSA) is 62.4 Å². The molecule has 0 aliphatic rings. The van der Waals surface area contributed by atoms with Gasteiger partial charge in [0, 0.05) is 13.8 Å². The third-order valence-electron chi connectivity index (χ3n) is 2.56. The highest BCUT2D eigenvalue weighted by Crippen LogP contribution is 2.20. The number of carbonyl (C=O) groups excluding carboxylic acids is 1. The first-order chi connectivity index (χ1) is 8.61. The number of halogens is 1. The van der Waals surface area contributed by atoms with Crippen molar-refractivity contribution in [3.63, 3.8) is 0 Å². The maximum absolute atomic E-state index is 11.7. The van der Waals surface area contributed by atoms with E-state index in [1.165, 1.54) is 11.3 Å². The first kappa shape index (κ1) is 19.3.